The Hall–Kier alpha value is -2.13. The van der Waals surface area contributed by atoms with Crippen LogP contribution in [0.2, 0.25) is 0 Å². The lowest BCUT2D eigenvalue weighted by atomic mass is 10.1. The van der Waals surface area contributed by atoms with Crippen LogP contribution in [-0.2, 0) is 17.8 Å². The van der Waals surface area contributed by atoms with E-state index in [1.165, 1.54) is 10.7 Å². The summed E-state index contributed by atoms with van der Waals surface area (Å²) >= 11 is 0. The van der Waals surface area contributed by atoms with Crippen LogP contribution < -0.4 is 5.56 Å². The maximum Gasteiger partial charge on any atom is 0.276 e. The Bertz CT molecular complexity index is 663. The van der Waals surface area contributed by atoms with E-state index in [9.17, 15) is 4.79 Å². The number of nitrogens with zero attached hydrogens (tertiary/aromatic N) is 3. The van der Waals surface area contributed by atoms with E-state index in [4.69, 9.17) is 10.00 Å². The molecule has 0 atom stereocenters. The van der Waals surface area contributed by atoms with E-state index in [0.717, 1.165) is 6.42 Å². The molecule has 2 aromatic rings. The van der Waals surface area contributed by atoms with Crippen LogP contribution in [0.25, 0.3) is 5.65 Å². The number of rotatable bonds is 4. The van der Waals surface area contributed by atoms with E-state index in [0.29, 0.717) is 28.9 Å². The second kappa shape index (κ2) is 5.02. The molecule has 0 saturated carbocycles. The number of nitriles is 1. The van der Waals surface area contributed by atoms with Crippen molar-refractivity contribution in [2.24, 2.45) is 0 Å². The predicted molar refractivity (Wildman–Crippen MR) is 65.2 cm³/mol. The molecule has 0 aliphatic carbocycles. The van der Waals surface area contributed by atoms with Crippen molar-refractivity contribution < 1.29 is 4.74 Å². The molecule has 0 spiro atoms. The number of nitrogens with one attached hydrogen (secondary N) is 1. The van der Waals surface area contributed by atoms with Crippen molar-refractivity contribution in [3.05, 3.63) is 33.4 Å². The van der Waals surface area contributed by atoms with E-state index in [1.807, 2.05) is 13.0 Å². The van der Waals surface area contributed by atoms with Crippen LogP contribution in [0, 0.1) is 11.3 Å². The summed E-state index contributed by atoms with van der Waals surface area (Å²) < 4.78 is 6.37. The largest absolute Gasteiger partial charge is 0.378 e. The molecule has 94 valence electrons. The van der Waals surface area contributed by atoms with E-state index in [1.54, 1.807) is 7.11 Å². The SMILES string of the molecule is CCCc1c(COC)nc2c(C#N)c[nH]n2c1=O. The third-order valence-corrected chi connectivity index (χ3v) is 2.74. The van der Waals surface area contributed by atoms with Crippen LogP contribution in [0.3, 0.4) is 0 Å². The molecule has 6 heteroatoms. The van der Waals surface area contributed by atoms with Gasteiger partial charge in [-0.25, -0.2) is 9.50 Å². The van der Waals surface area contributed by atoms with Gasteiger partial charge < -0.3 is 4.74 Å². The van der Waals surface area contributed by atoms with Crippen LogP contribution in [-0.4, -0.2) is 21.7 Å². The number of fused-ring (bicyclic) bond motifs is 1. The highest BCUT2D eigenvalue weighted by Crippen LogP contribution is 2.10. The van der Waals surface area contributed by atoms with Gasteiger partial charge in [-0.05, 0) is 6.42 Å². The molecule has 0 fully saturated rings. The molecule has 0 saturated heterocycles. The summed E-state index contributed by atoms with van der Waals surface area (Å²) in [6, 6.07) is 2.00. The lowest BCUT2D eigenvalue weighted by molar-refractivity contribution is 0.180. The Morgan fingerprint density at radius 1 is 1.61 bits per heavy atom. The minimum Gasteiger partial charge on any atom is -0.378 e. The van der Waals surface area contributed by atoms with E-state index in [2.05, 4.69) is 10.1 Å². The average Bonchev–Trinajstić information content (AvgIpc) is 2.77. The fourth-order valence-corrected chi connectivity index (χ4v) is 1.93. The van der Waals surface area contributed by atoms with E-state index >= 15 is 0 Å². The molecular formula is C12H14N4O2. The Labute approximate surface area is 104 Å². The van der Waals surface area contributed by atoms with Gasteiger partial charge in [-0.2, -0.15) is 5.26 Å². The second-order valence-corrected chi connectivity index (χ2v) is 3.98. The Morgan fingerprint density at radius 2 is 2.39 bits per heavy atom. The van der Waals surface area contributed by atoms with Crippen molar-refractivity contribution >= 4 is 5.65 Å². The summed E-state index contributed by atoms with van der Waals surface area (Å²) in [5, 5.41) is 11.7. The maximum atomic E-state index is 12.3. The molecule has 1 N–H and O–H groups in total. The number of hydrogen-bond acceptors (Lipinski definition) is 4. The molecule has 0 bridgehead atoms. The zero-order valence-electron chi connectivity index (χ0n) is 10.4. The number of aromatic nitrogens is 3. The van der Waals surface area contributed by atoms with Gasteiger partial charge in [-0.3, -0.25) is 9.89 Å². The van der Waals surface area contributed by atoms with E-state index < -0.39 is 0 Å². The van der Waals surface area contributed by atoms with Gasteiger partial charge in [0.05, 0.1) is 12.3 Å². The molecule has 0 amide bonds. The highest BCUT2D eigenvalue weighted by atomic mass is 16.5. The van der Waals surface area contributed by atoms with Crippen molar-refractivity contribution in [1.29, 1.82) is 5.26 Å². The Kier molecular flexibility index (Phi) is 3.44. The molecule has 0 radical (unpaired) electrons. The highest BCUT2D eigenvalue weighted by Gasteiger charge is 2.15. The predicted octanol–water partition coefficient (Wildman–Crippen LogP) is 0.993. The van der Waals surface area contributed by atoms with Crippen molar-refractivity contribution in [3.63, 3.8) is 0 Å². The molecule has 18 heavy (non-hydrogen) atoms. The minimum absolute atomic E-state index is 0.157. The number of hydrogen-bond donors (Lipinski definition) is 1. The highest BCUT2D eigenvalue weighted by molar-refractivity contribution is 5.54. The number of H-pyrrole nitrogens is 1. The maximum absolute atomic E-state index is 12.3. The van der Waals surface area contributed by atoms with Crippen LogP contribution in [0.5, 0.6) is 0 Å². The lowest BCUT2D eigenvalue weighted by Gasteiger charge is -2.07. The smallest absolute Gasteiger partial charge is 0.276 e. The summed E-state index contributed by atoms with van der Waals surface area (Å²) in [4.78, 5) is 16.6. The molecule has 0 aliphatic rings. The third kappa shape index (κ3) is 1.89. The van der Waals surface area contributed by atoms with Gasteiger partial charge in [-0.1, -0.05) is 13.3 Å². The molecule has 6 nitrogen and oxygen atoms in total. The first-order valence-electron chi connectivity index (χ1n) is 5.73. The first kappa shape index (κ1) is 12.3. The Balaban J connectivity index is 2.75. The summed E-state index contributed by atoms with van der Waals surface area (Å²) in [6.07, 6.45) is 2.98. The fourth-order valence-electron chi connectivity index (χ4n) is 1.93. The third-order valence-electron chi connectivity index (χ3n) is 2.74. The lowest BCUT2D eigenvalue weighted by Crippen LogP contribution is -2.23. The van der Waals surface area contributed by atoms with Crippen molar-refractivity contribution in [2.75, 3.05) is 7.11 Å². The number of ether oxygens (including phenoxy) is 1. The van der Waals surface area contributed by atoms with Gasteiger partial charge in [0.15, 0.2) is 5.65 Å². The van der Waals surface area contributed by atoms with Crippen molar-refractivity contribution in [1.82, 2.24) is 14.6 Å². The van der Waals surface area contributed by atoms with Gasteiger partial charge >= 0.3 is 0 Å². The van der Waals surface area contributed by atoms with Gasteiger partial charge in [-0.15, -0.1) is 0 Å². The zero-order chi connectivity index (χ0) is 13.1. The molecule has 2 heterocycles. The average molecular weight is 246 g/mol. The summed E-state index contributed by atoms with van der Waals surface area (Å²) in [6.45, 7) is 2.28. The molecular weight excluding hydrogens is 232 g/mol. The van der Waals surface area contributed by atoms with E-state index in [-0.39, 0.29) is 12.2 Å². The van der Waals surface area contributed by atoms with Crippen LogP contribution in [0.1, 0.15) is 30.2 Å². The topological polar surface area (TPSA) is 83.2 Å². The first-order valence-corrected chi connectivity index (χ1v) is 5.73. The number of aromatic amines is 1. The monoisotopic (exact) mass is 246 g/mol. The second-order valence-electron chi connectivity index (χ2n) is 3.98. The first-order chi connectivity index (χ1) is 8.72. The molecule has 0 aliphatic heterocycles. The standard InChI is InChI=1S/C12H14N4O2/c1-3-4-9-10(7-18-2)15-11-8(5-13)6-14-16(11)12(9)17/h6,14H,3-4,7H2,1-2H3. The fraction of sp³-hybridized carbons (Fsp3) is 0.417. The molecule has 0 aromatic carbocycles. The van der Waals surface area contributed by atoms with Gasteiger partial charge in [0, 0.05) is 18.9 Å². The quantitative estimate of drug-likeness (QED) is 0.872. The van der Waals surface area contributed by atoms with Crippen LogP contribution in [0.4, 0.5) is 0 Å². The molecule has 0 unspecified atom stereocenters. The minimum atomic E-state index is -0.157. The number of methoxy groups -OCH3 is 1. The van der Waals surface area contributed by atoms with Crippen molar-refractivity contribution in [3.8, 4) is 6.07 Å². The van der Waals surface area contributed by atoms with Crippen LogP contribution in [0.15, 0.2) is 11.0 Å². The molecule has 2 aromatic heterocycles. The van der Waals surface area contributed by atoms with Gasteiger partial charge in [0.25, 0.3) is 5.56 Å². The normalized spacial score (nSPS) is 10.7. The summed E-state index contributed by atoms with van der Waals surface area (Å²) in [5.74, 6) is 0. The van der Waals surface area contributed by atoms with Gasteiger partial charge in [0.1, 0.15) is 11.6 Å². The van der Waals surface area contributed by atoms with Crippen LogP contribution >= 0.6 is 0 Å². The molecule has 2 rings (SSSR count). The zero-order valence-corrected chi connectivity index (χ0v) is 10.4. The Morgan fingerprint density at radius 3 is 3.00 bits per heavy atom. The van der Waals surface area contributed by atoms with Crippen molar-refractivity contribution in [2.45, 2.75) is 26.4 Å². The van der Waals surface area contributed by atoms with Gasteiger partial charge in [0.2, 0.25) is 0 Å². The summed E-state index contributed by atoms with van der Waals surface area (Å²) in [7, 11) is 1.56. The summed E-state index contributed by atoms with van der Waals surface area (Å²) in [5.41, 5.74) is 1.81.